The highest BCUT2D eigenvalue weighted by Gasteiger charge is 2.24. The van der Waals surface area contributed by atoms with Gasteiger partial charge in [-0.3, -0.25) is 10.1 Å². The summed E-state index contributed by atoms with van der Waals surface area (Å²) < 4.78 is 4.48. The normalized spacial score (nSPS) is 16.4. The largest absolute Gasteiger partial charge is 0.477 e. The van der Waals surface area contributed by atoms with Crippen LogP contribution < -0.4 is 5.32 Å². The lowest BCUT2D eigenvalue weighted by Gasteiger charge is -2.02. The fraction of sp³-hybridized carbons (Fsp3) is 0.0526. The Kier molecular flexibility index (Phi) is 6.15. The molecule has 0 saturated carbocycles. The van der Waals surface area contributed by atoms with Gasteiger partial charge in [0.1, 0.15) is 5.69 Å². The van der Waals surface area contributed by atoms with Gasteiger partial charge in [-0.05, 0) is 29.5 Å². The Labute approximate surface area is 169 Å². The molecule has 29 heavy (non-hydrogen) atoms. The van der Waals surface area contributed by atoms with Crippen molar-refractivity contribution in [3.8, 4) is 11.3 Å². The van der Waals surface area contributed by atoms with Gasteiger partial charge < -0.3 is 9.84 Å². The Morgan fingerprint density at radius 1 is 1.21 bits per heavy atom. The number of carbonyl (C=O) groups is 3. The van der Waals surface area contributed by atoms with Gasteiger partial charge in [-0.1, -0.05) is 30.3 Å². The van der Waals surface area contributed by atoms with E-state index in [-0.39, 0.29) is 15.8 Å². The van der Waals surface area contributed by atoms with E-state index >= 15 is 0 Å². The van der Waals surface area contributed by atoms with Crippen molar-refractivity contribution in [1.29, 1.82) is 0 Å². The fourth-order valence-electron chi connectivity index (χ4n) is 2.24. The predicted octanol–water partition coefficient (Wildman–Crippen LogP) is 2.06. The van der Waals surface area contributed by atoms with Gasteiger partial charge in [0, 0.05) is 11.6 Å². The monoisotopic (exact) mass is 410 g/mol. The molecule has 0 aliphatic carbocycles. The van der Waals surface area contributed by atoms with Gasteiger partial charge in [0.15, 0.2) is 5.17 Å². The number of thioether (sulfide) groups is 1. The van der Waals surface area contributed by atoms with E-state index < -0.39 is 17.8 Å². The van der Waals surface area contributed by atoms with Gasteiger partial charge in [-0.15, -0.1) is 5.10 Å². The summed E-state index contributed by atoms with van der Waals surface area (Å²) >= 11 is 0.981. The Balaban J connectivity index is 1.68. The number of aromatic nitrogens is 1. The van der Waals surface area contributed by atoms with Gasteiger partial charge in [0.25, 0.3) is 5.91 Å². The number of esters is 1. The van der Waals surface area contributed by atoms with Crippen LogP contribution in [0.15, 0.2) is 63.6 Å². The lowest BCUT2D eigenvalue weighted by atomic mass is 10.1. The van der Waals surface area contributed by atoms with E-state index in [4.69, 9.17) is 5.11 Å². The third-order valence-electron chi connectivity index (χ3n) is 3.63. The zero-order valence-corrected chi connectivity index (χ0v) is 15.8. The third kappa shape index (κ3) is 5.14. The lowest BCUT2D eigenvalue weighted by Crippen LogP contribution is -2.19. The molecule has 0 radical (unpaired) electrons. The van der Waals surface area contributed by atoms with Crippen molar-refractivity contribution in [1.82, 2.24) is 10.3 Å². The summed E-state index contributed by atoms with van der Waals surface area (Å²) in [4.78, 5) is 38.2. The SMILES string of the molecule is COC(=O)/C=C1/S/C(=N\N=Cc2ccc(-c3cccc(C(=O)O)n3)cc2)NC1=O. The summed E-state index contributed by atoms with van der Waals surface area (Å²) in [5, 5.41) is 19.6. The number of rotatable bonds is 5. The van der Waals surface area contributed by atoms with Crippen LogP contribution >= 0.6 is 11.8 Å². The molecule has 0 bridgehead atoms. The molecule has 1 fully saturated rings. The molecule has 1 aromatic carbocycles. The molecule has 1 aliphatic rings. The van der Waals surface area contributed by atoms with Crippen molar-refractivity contribution >= 4 is 41.0 Å². The van der Waals surface area contributed by atoms with Gasteiger partial charge in [0.05, 0.1) is 23.9 Å². The number of carbonyl (C=O) groups excluding carboxylic acids is 2. The van der Waals surface area contributed by atoms with E-state index in [1.54, 1.807) is 36.4 Å². The molecule has 2 heterocycles. The minimum atomic E-state index is -1.09. The summed E-state index contributed by atoms with van der Waals surface area (Å²) in [6.45, 7) is 0. The topological polar surface area (TPSA) is 130 Å². The highest BCUT2D eigenvalue weighted by Crippen LogP contribution is 2.23. The number of benzene rings is 1. The molecule has 0 spiro atoms. The molecule has 2 N–H and O–H groups in total. The minimum Gasteiger partial charge on any atom is -0.477 e. The summed E-state index contributed by atoms with van der Waals surface area (Å²) in [6.07, 6.45) is 2.57. The van der Waals surface area contributed by atoms with Crippen LogP contribution in [0, 0.1) is 0 Å². The van der Waals surface area contributed by atoms with E-state index in [9.17, 15) is 14.4 Å². The molecule has 0 atom stereocenters. The smallest absolute Gasteiger partial charge is 0.354 e. The Morgan fingerprint density at radius 3 is 2.66 bits per heavy atom. The van der Waals surface area contributed by atoms with Gasteiger partial charge in [-0.25, -0.2) is 14.6 Å². The molecular weight excluding hydrogens is 396 g/mol. The van der Waals surface area contributed by atoms with Gasteiger partial charge >= 0.3 is 11.9 Å². The summed E-state index contributed by atoms with van der Waals surface area (Å²) in [5.41, 5.74) is 2.02. The Bertz CT molecular complexity index is 1060. The second kappa shape index (κ2) is 8.93. The van der Waals surface area contributed by atoms with E-state index in [0.717, 1.165) is 29.0 Å². The number of carboxylic acid groups (broad SMARTS) is 1. The van der Waals surface area contributed by atoms with Crippen LogP contribution in [-0.2, 0) is 14.3 Å². The number of amidine groups is 1. The van der Waals surface area contributed by atoms with Crippen LogP contribution in [0.3, 0.4) is 0 Å². The first-order valence-corrected chi connectivity index (χ1v) is 8.98. The van der Waals surface area contributed by atoms with Crippen molar-refractivity contribution in [2.24, 2.45) is 10.2 Å². The van der Waals surface area contributed by atoms with Crippen molar-refractivity contribution in [2.45, 2.75) is 0 Å². The number of nitrogens with zero attached hydrogens (tertiary/aromatic N) is 3. The van der Waals surface area contributed by atoms with E-state index in [1.165, 1.54) is 19.4 Å². The van der Waals surface area contributed by atoms with Crippen LogP contribution in [-0.4, -0.2) is 46.4 Å². The molecule has 1 aromatic heterocycles. The number of ether oxygens (including phenoxy) is 1. The second-order valence-electron chi connectivity index (χ2n) is 5.57. The van der Waals surface area contributed by atoms with E-state index in [0.29, 0.717) is 5.69 Å². The number of aromatic carboxylic acids is 1. The predicted molar refractivity (Wildman–Crippen MR) is 107 cm³/mol. The maximum absolute atomic E-state index is 11.7. The number of amides is 1. The zero-order valence-electron chi connectivity index (χ0n) is 15.0. The molecule has 1 amide bonds. The second-order valence-corrected chi connectivity index (χ2v) is 6.60. The highest BCUT2D eigenvalue weighted by atomic mass is 32.2. The molecule has 9 nitrogen and oxygen atoms in total. The maximum Gasteiger partial charge on any atom is 0.354 e. The average Bonchev–Trinajstić information content (AvgIpc) is 3.07. The molecule has 146 valence electrons. The minimum absolute atomic E-state index is 0.0271. The standard InChI is InChI=1S/C19H14N4O5S/c1-28-16(24)9-15-17(25)22-19(29-15)23-20-10-11-5-7-12(8-6-11)13-3-2-4-14(21-13)18(26)27/h2-10H,1H3,(H,26,27)(H,22,23,25)/b15-9+,20-10?. The van der Waals surface area contributed by atoms with Crippen LogP contribution in [0.2, 0.25) is 0 Å². The summed E-state index contributed by atoms with van der Waals surface area (Å²) in [5.74, 6) is -2.16. The molecule has 0 unspecified atom stereocenters. The fourth-order valence-corrected chi connectivity index (χ4v) is 2.98. The summed E-state index contributed by atoms with van der Waals surface area (Å²) in [6, 6.07) is 11.9. The molecule has 3 rings (SSSR count). The lowest BCUT2D eigenvalue weighted by molar-refractivity contribution is -0.135. The van der Waals surface area contributed by atoms with Crippen molar-refractivity contribution in [2.75, 3.05) is 7.11 Å². The maximum atomic E-state index is 11.7. The van der Waals surface area contributed by atoms with Crippen molar-refractivity contribution in [3.05, 3.63) is 64.7 Å². The average molecular weight is 410 g/mol. The van der Waals surface area contributed by atoms with Crippen LogP contribution in [0.25, 0.3) is 11.3 Å². The van der Waals surface area contributed by atoms with Gasteiger partial charge in [0.2, 0.25) is 0 Å². The van der Waals surface area contributed by atoms with Crippen LogP contribution in [0.1, 0.15) is 16.1 Å². The molecule has 10 heteroatoms. The molecular formula is C19H14N4O5S. The summed E-state index contributed by atoms with van der Waals surface area (Å²) in [7, 11) is 1.22. The Hall–Kier alpha value is -3.79. The Morgan fingerprint density at radius 2 is 1.97 bits per heavy atom. The number of hydrogen-bond donors (Lipinski definition) is 2. The first-order valence-electron chi connectivity index (χ1n) is 8.17. The molecule has 2 aromatic rings. The number of pyridine rings is 1. The zero-order chi connectivity index (χ0) is 20.8. The number of methoxy groups -OCH3 is 1. The van der Waals surface area contributed by atoms with Crippen LogP contribution in [0.4, 0.5) is 0 Å². The first kappa shape index (κ1) is 20.0. The molecule has 1 saturated heterocycles. The van der Waals surface area contributed by atoms with E-state index in [1.807, 2.05) is 0 Å². The van der Waals surface area contributed by atoms with Crippen molar-refractivity contribution in [3.63, 3.8) is 0 Å². The quantitative estimate of drug-likeness (QED) is 0.334. The third-order valence-corrected chi connectivity index (χ3v) is 4.53. The first-order chi connectivity index (χ1) is 14.0. The number of hydrogen-bond acceptors (Lipinski definition) is 8. The van der Waals surface area contributed by atoms with Crippen LogP contribution in [0.5, 0.6) is 0 Å². The van der Waals surface area contributed by atoms with Crippen molar-refractivity contribution < 1.29 is 24.2 Å². The number of carboxylic acids is 1. The molecule has 1 aliphatic heterocycles. The highest BCUT2D eigenvalue weighted by molar-refractivity contribution is 8.18. The van der Waals surface area contributed by atoms with E-state index in [2.05, 4.69) is 25.2 Å². The number of nitrogens with one attached hydrogen (secondary N) is 1. The van der Waals surface area contributed by atoms with Gasteiger partial charge in [-0.2, -0.15) is 5.10 Å².